The van der Waals surface area contributed by atoms with Crippen molar-refractivity contribution in [2.45, 2.75) is 52.2 Å². The molecular formula is C13H25ClF2N2O2. The van der Waals surface area contributed by atoms with Crippen molar-refractivity contribution in [2.75, 3.05) is 13.1 Å². The zero-order chi connectivity index (χ0) is 14.8. The van der Waals surface area contributed by atoms with Gasteiger partial charge < -0.3 is 10.4 Å². The van der Waals surface area contributed by atoms with Gasteiger partial charge >= 0.3 is 0 Å². The average Bonchev–Trinajstić information content (AvgIpc) is 2.65. The number of aliphatic hydroxyl groups excluding tert-OH is 1. The van der Waals surface area contributed by atoms with Gasteiger partial charge in [-0.25, -0.2) is 8.78 Å². The third kappa shape index (κ3) is 5.14. The largest absolute Gasteiger partial charge is 0.392 e. The number of hydrogen-bond acceptors (Lipinski definition) is 3. The SMILES string of the molecule is CC(C)C(O)C(C)(C)CNC(=O)C1CC(F)(F)CN1.Cl. The molecule has 1 aliphatic heterocycles. The van der Waals surface area contributed by atoms with E-state index in [0.29, 0.717) is 0 Å². The van der Waals surface area contributed by atoms with Gasteiger partial charge in [0.1, 0.15) is 0 Å². The first kappa shape index (κ1) is 19.5. The van der Waals surface area contributed by atoms with E-state index in [4.69, 9.17) is 0 Å². The monoisotopic (exact) mass is 314 g/mol. The van der Waals surface area contributed by atoms with Gasteiger partial charge in [0.05, 0.1) is 18.7 Å². The van der Waals surface area contributed by atoms with Crippen LogP contribution in [-0.4, -0.2) is 42.2 Å². The topological polar surface area (TPSA) is 61.4 Å². The summed E-state index contributed by atoms with van der Waals surface area (Å²) in [5.41, 5.74) is -0.495. The minimum atomic E-state index is -2.81. The van der Waals surface area contributed by atoms with Crippen LogP contribution in [-0.2, 0) is 4.79 Å². The number of aliphatic hydroxyl groups is 1. The van der Waals surface area contributed by atoms with Crippen molar-refractivity contribution < 1.29 is 18.7 Å². The molecule has 7 heteroatoms. The molecule has 0 aromatic rings. The Morgan fingerprint density at radius 1 is 1.50 bits per heavy atom. The summed E-state index contributed by atoms with van der Waals surface area (Å²) in [6.07, 6.45) is -1.03. The third-order valence-electron chi connectivity index (χ3n) is 3.58. The van der Waals surface area contributed by atoms with Gasteiger partial charge in [-0.1, -0.05) is 27.7 Å². The van der Waals surface area contributed by atoms with E-state index in [1.165, 1.54) is 0 Å². The fourth-order valence-electron chi connectivity index (χ4n) is 2.35. The standard InChI is InChI=1S/C13H24F2N2O2.ClH/c1-8(2)10(18)12(3,4)6-17-11(19)9-5-13(14,15)7-16-9;/h8-10,16,18H,5-7H2,1-4H3,(H,17,19);1H. The number of carbonyl (C=O) groups excluding carboxylic acids is 1. The molecule has 2 atom stereocenters. The van der Waals surface area contributed by atoms with Crippen LogP contribution in [0.25, 0.3) is 0 Å². The van der Waals surface area contributed by atoms with Crippen molar-refractivity contribution in [3.8, 4) is 0 Å². The summed E-state index contributed by atoms with van der Waals surface area (Å²) in [4.78, 5) is 11.8. The van der Waals surface area contributed by atoms with Crippen LogP contribution in [0.3, 0.4) is 0 Å². The lowest BCUT2D eigenvalue weighted by Gasteiger charge is -2.33. The number of hydrogen-bond donors (Lipinski definition) is 3. The molecule has 1 fully saturated rings. The quantitative estimate of drug-likeness (QED) is 0.722. The molecule has 120 valence electrons. The van der Waals surface area contributed by atoms with Crippen LogP contribution in [0.2, 0.25) is 0 Å². The molecule has 20 heavy (non-hydrogen) atoms. The molecule has 3 N–H and O–H groups in total. The van der Waals surface area contributed by atoms with Crippen molar-refractivity contribution in [1.29, 1.82) is 0 Å². The second kappa shape index (κ2) is 7.00. The van der Waals surface area contributed by atoms with Gasteiger partial charge in [-0.2, -0.15) is 0 Å². The van der Waals surface area contributed by atoms with Crippen molar-refractivity contribution in [2.24, 2.45) is 11.3 Å². The molecule has 0 aromatic heterocycles. The fourth-order valence-corrected chi connectivity index (χ4v) is 2.35. The van der Waals surface area contributed by atoms with E-state index in [1.807, 2.05) is 27.7 Å². The van der Waals surface area contributed by atoms with Crippen LogP contribution in [0.1, 0.15) is 34.1 Å². The lowest BCUT2D eigenvalue weighted by Crippen LogP contribution is -2.48. The van der Waals surface area contributed by atoms with Gasteiger partial charge in [-0.15, -0.1) is 12.4 Å². The zero-order valence-electron chi connectivity index (χ0n) is 12.4. The van der Waals surface area contributed by atoms with Crippen molar-refractivity contribution >= 4 is 18.3 Å². The molecule has 0 bridgehead atoms. The minimum absolute atomic E-state index is 0. The second-order valence-electron chi connectivity index (χ2n) is 6.39. The molecule has 4 nitrogen and oxygen atoms in total. The Hall–Kier alpha value is -0.460. The van der Waals surface area contributed by atoms with Gasteiger partial charge in [-0.3, -0.25) is 10.1 Å². The summed E-state index contributed by atoms with van der Waals surface area (Å²) >= 11 is 0. The predicted molar refractivity (Wildman–Crippen MR) is 76.2 cm³/mol. The van der Waals surface area contributed by atoms with E-state index < -0.39 is 42.4 Å². The first-order chi connectivity index (χ1) is 8.55. The minimum Gasteiger partial charge on any atom is -0.392 e. The van der Waals surface area contributed by atoms with Crippen molar-refractivity contribution in [1.82, 2.24) is 10.6 Å². The Labute approximate surface area is 125 Å². The van der Waals surface area contributed by atoms with E-state index in [2.05, 4.69) is 10.6 Å². The highest BCUT2D eigenvalue weighted by Crippen LogP contribution is 2.27. The maximum atomic E-state index is 13.0. The van der Waals surface area contributed by atoms with Gasteiger partial charge in [0, 0.05) is 18.4 Å². The summed E-state index contributed by atoms with van der Waals surface area (Å²) < 4.78 is 26.0. The van der Waals surface area contributed by atoms with E-state index in [9.17, 15) is 18.7 Å². The summed E-state index contributed by atoms with van der Waals surface area (Å²) in [5, 5.41) is 15.2. The molecule has 0 aromatic carbocycles. The average molecular weight is 315 g/mol. The van der Waals surface area contributed by atoms with Gasteiger partial charge in [0.25, 0.3) is 5.92 Å². The lowest BCUT2D eigenvalue weighted by molar-refractivity contribution is -0.124. The molecule has 0 saturated carbocycles. The molecular weight excluding hydrogens is 290 g/mol. The van der Waals surface area contributed by atoms with E-state index >= 15 is 0 Å². The van der Waals surface area contributed by atoms with E-state index in [1.54, 1.807) is 0 Å². The zero-order valence-corrected chi connectivity index (χ0v) is 13.2. The van der Waals surface area contributed by atoms with Crippen molar-refractivity contribution in [3.63, 3.8) is 0 Å². The van der Waals surface area contributed by atoms with Crippen LogP contribution in [0.15, 0.2) is 0 Å². The molecule has 0 spiro atoms. The molecule has 0 radical (unpaired) electrons. The number of nitrogens with one attached hydrogen (secondary N) is 2. The van der Waals surface area contributed by atoms with Crippen LogP contribution < -0.4 is 10.6 Å². The Bertz CT molecular complexity index is 338. The molecule has 1 rings (SSSR count). The predicted octanol–water partition coefficient (Wildman–Crippen LogP) is 1.56. The van der Waals surface area contributed by atoms with Crippen molar-refractivity contribution in [3.05, 3.63) is 0 Å². The molecule has 1 aliphatic rings. The smallest absolute Gasteiger partial charge is 0.262 e. The Morgan fingerprint density at radius 3 is 2.45 bits per heavy atom. The highest BCUT2D eigenvalue weighted by Gasteiger charge is 2.42. The fraction of sp³-hybridized carbons (Fsp3) is 0.923. The summed E-state index contributed by atoms with van der Waals surface area (Å²) in [6.45, 7) is 7.28. The van der Waals surface area contributed by atoms with Crippen LogP contribution in [0, 0.1) is 11.3 Å². The van der Waals surface area contributed by atoms with Crippen LogP contribution in [0.5, 0.6) is 0 Å². The lowest BCUT2D eigenvalue weighted by atomic mass is 9.80. The highest BCUT2D eigenvalue weighted by molar-refractivity contribution is 5.85. The van der Waals surface area contributed by atoms with Gasteiger partial charge in [0.15, 0.2) is 0 Å². The Balaban J connectivity index is 0.00000361. The summed E-state index contributed by atoms with van der Waals surface area (Å²) in [7, 11) is 0. The van der Waals surface area contributed by atoms with Gasteiger partial charge in [-0.05, 0) is 5.92 Å². The molecule has 0 aliphatic carbocycles. The van der Waals surface area contributed by atoms with Gasteiger partial charge in [0.2, 0.25) is 5.91 Å². The normalized spacial score (nSPS) is 23.3. The Morgan fingerprint density at radius 2 is 2.05 bits per heavy atom. The van der Waals surface area contributed by atoms with E-state index in [-0.39, 0.29) is 24.9 Å². The third-order valence-corrected chi connectivity index (χ3v) is 3.58. The number of halogens is 3. The number of carbonyl (C=O) groups is 1. The summed E-state index contributed by atoms with van der Waals surface area (Å²) in [5.74, 6) is -3.17. The number of alkyl halides is 2. The first-order valence-electron chi connectivity index (χ1n) is 6.62. The maximum Gasteiger partial charge on any atom is 0.262 e. The first-order valence-corrected chi connectivity index (χ1v) is 6.62. The molecule has 1 amide bonds. The van der Waals surface area contributed by atoms with E-state index in [0.717, 1.165) is 0 Å². The highest BCUT2D eigenvalue weighted by atomic mass is 35.5. The Kier molecular flexibility index (Phi) is 6.84. The van der Waals surface area contributed by atoms with Crippen LogP contribution in [0.4, 0.5) is 8.78 Å². The second-order valence-corrected chi connectivity index (χ2v) is 6.39. The van der Waals surface area contributed by atoms with Crippen LogP contribution >= 0.6 is 12.4 Å². The number of rotatable bonds is 5. The summed E-state index contributed by atoms with van der Waals surface area (Å²) in [6, 6.07) is -0.845. The number of amides is 1. The molecule has 1 saturated heterocycles. The molecule has 2 unspecified atom stereocenters. The molecule has 1 heterocycles. The maximum absolute atomic E-state index is 13.0.